The molecular formula is C17H15ClN4O2S2. The average molecular weight is 407 g/mol. The highest BCUT2D eigenvalue weighted by Gasteiger charge is 2.40. The quantitative estimate of drug-likeness (QED) is 0.364. The van der Waals surface area contributed by atoms with Crippen molar-refractivity contribution in [3.63, 3.8) is 0 Å². The van der Waals surface area contributed by atoms with Crippen LogP contribution in [0.2, 0.25) is 5.02 Å². The number of carbonyl (C=O) groups excluding carboxylic acids is 2. The van der Waals surface area contributed by atoms with E-state index >= 15 is 0 Å². The number of halogens is 1. The first-order valence-corrected chi connectivity index (χ1v) is 9.80. The van der Waals surface area contributed by atoms with Crippen LogP contribution in [0.3, 0.4) is 0 Å². The van der Waals surface area contributed by atoms with Gasteiger partial charge < -0.3 is 5.73 Å². The van der Waals surface area contributed by atoms with E-state index in [1.807, 2.05) is 24.4 Å². The van der Waals surface area contributed by atoms with Crippen LogP contribution in [-0.2, 0) is 9.59 Å². The first-order chi connectivity index (χ1) is 12.5. The van der Waals surface area contributed by atoms with Crippen molar-refractivity contribution < 1.29 is 9.59 Å². The van der Waals surface area contributed by atoms with Crippen LogP contribution >= 0.6 is 34.7 Å². The topological polar surface area (TPSA) is 88.1 Å². The summed E-state index contributed by atoms with van der Waals surface area (Å²) in [7, 11) is 0. The second-order valence-electron chi connectivity index (χ2n) is 5.46. The molecule has 134 valence electrons. The molecule has 0 unspecified atom stereocenters. The summed E-state index contributed by atoms with van der Waals surface area (Å²) in [4.78, 5) is 27.0. The van der Waals surface area contributed by atoms with Crippen molar-refractivity contribution in [2.24, 2.45) is 15.9 Å². The molecule has 1 aliphatic rings. The number of amidine groups is 1. The van der Waals surface area contributed by atoms with Gasteiger partial charge >= 0.3 is 0 Å². The largest absolute Gasteiger partial charge is 0.377 e. The monoisotopic (exact) mass is 406 g/mol. The molecule has 1 saturated heterocycles. The third kappa shape index (κ3) is 4.14. The lowest BCUT2D eigenvalue weighted by atomic mass is 10.3. The van der Waals surface area contributed by atoms with Crippen LogP contribution in [0.4, 0.5) is 5.69 Å². The number of carbonyl (C=O) groups is 2. The fourth-order valence-electron chi connectivity index (χ4n) is 2.41. The molecule has 0 bridgehead atoms. The van der Waals surface area contributed by atoms with Gasteiger partial charge in [0.1, 0.15) is 5.25 Å². The minimum absolute atomic E-state index is 0.0554. The van der Waals surface area contributed by atoms with Crippen molar-refractivity contribution >= 4 is 63.1 Å². The summed E-state index contributed by atoms with van der Waals surface area (Å²) in [5.74, 6) is -0.625. The Hall–Kier alpha value is -2.16. The van der Waals surface area contributed by atoms with E-state index in [1.165, 1.54) is 0 Å². The molecule has 2 N–H and O–H groups in total. The van der Waals surface area contributed by atoms with Gasteiger partial charge in [0, 0.05) is 11.4 Å². The average Bonchev–Trinajstić information content (AvgIpc) is 3.22. The van der Waals surface area contributed by atoms with Crippen LogP contribution in [0.25, 0.3) is 0 Å². The highest BCUT2D eigenvalue weighted by atomic mass is 35.5. The fourth-order valence-corrected chi connectivity index (χ4v) is 4.08. The van der Waals surface area contributed by atoms with Crippen LogP contribution < -0.4 is 10.6 Å². The first-order valence-electron chi connectivity index (χ1n) is 7.66. The molecule has 1 aliphatic heterocycles. The van der Waals surface area contributed by atoms with Crippen molar-refractivity contribution in [2.45, 2.75) is 18.6 Å². The van der Waals surface area contributed by atoms with E-state index in [0.717, 1.165) is 27.3 Å². The molecule has 1 atom stereocenters. The van der Waals surface area contributed by atoms with Gasteiger partial charge in [-0.1, -0.05) is 35.5 Å². The number of benzene rings is 1. The first kappa shape index (κ1) is 18.6. The fraction of sp³-hybridized carbons (Fsp3) is 0.176. The van der Waals surface area contributed by atoms with Gasteiger partial charge in [-0.3, -0.25) is 9.59 Å². The Morgan fingerprint density at radius 3 is 2.81 bits per heavy atom. The summed E-state index contributed by atoms with van der Waals surface area (Å²) in [6.45, 7) is 1.83. The van der Waals surface area contributed by atoms with Crippen LogP contribution in [0, 0.1) is 0 Å². The minimum Gasteiger partial charge on any atom is -0.377 e. The lowest BCUT2D eigenvalue weighted by Gasteiger charge is -2.14. The summed E-state index contributed by atoms with van der Waals surface area (Å²) in [6, 6.07) is 10.5. The Balaban J connectivity index is 1.71. The molecule has 1 aromatic heterocycles. The summed E-state index contributed by atoms with van der Waals surface area (Å²) in [5, 5.41) is 9.97. The van der Waals surface area contributed by atoms with Crippen molar-refractivity contribution in [1.29, 1.82) is 0 Å². The zero-order valence-electron chi connectivity index (χ0n) is 13.8. The van der Waals surface area contributed by atoms with Gasteiger partial charge in [0.25, 0.3) is 0 Å². The molecule has 2 aromatic rings. The van der Waals surface area contributed by atoms with Crippen molar-refractivity contribution in [2.75, 3.05) is 4.90 Å². The molecular weight excluding hydrogens is 392 g/mol. The van der Waals surface area contributed by atoms with Crippen LogP contribution in [0.1, 0.15) is 18.2 Å². The molecule has 0 saturated carbocycles. The SMILES string of the molecule is C/C(=N/N=C(N)S[C@@H]1CC(=O)N(c2cccc(Cl)c2)C1=O)c1cccs1. The van der Waals surface area contributed by atoms with Gasteiger partial charge in [0.2, 0.25) is 11.8 Å². The molecule has 6 nitrogen and oxygen atoms in total. The maximum Gasteiger partial charge on any atom is 0.247 e. The molecule has 0 aliphatic carbocycles. The minimum atomic E-state index is -0.623. The molecule has 2 amide bonds. The molecule has 0 radical (unpaired) electrons. The predicted octanol–water partition coefficient (Wildman–Crippen LogP) is 3.51. The normalized spacial score (nSPS) is 18.7. The number of nitrogens with zero attached hydrogens (tertiary/aromatic N) is 3. The lowest BCUT2D eigenvalue weighted by Crippen LogP contribution is -2.31. The van der Waals surface area contributed by atoms with Gasteiger partial charge in [-0.25, -0.2) is 4.90 Å². The van der Waals surface area contributed by atoms with Gasteiger partial charge in [0.05, 0.1) is 16.3 Å². The molecule has 2 heterocycles. The molecule has 0 spiro atoms. The number of anilines is 1. The number of hydrogen-bond donors (Lipinski definition) is 1. The Bertz CT molecular complexity index is 896. The zero-order chi connectivity index (χ0) is 18.7. The maximum atomic E-state index is 12.6. The Morgan fingerprint density at radius 1 is 1.31 bits per heavy atom. The summed E-state index contributed by atoms with van der Waals surface area (Å²) in [6.07, 6.45) is 0.0554. The van der Waals surface area contributed by atoms with E-state index < -0.39 is 5.25 Å². The van der Waals surface area contributed by atoms with Crippen molar-refractivity contribution in [1.82, 2.24) is 0 Å². The number of nitrogens with two attached hydrogens (primary N) is 1. The van der Waals surface area contributed by atoms with Crippen LogP contribution in [0.15, 0.2) is 52.0 Å². The van der Waals surface area contributed by atoms with Gasteiger partial charge in [0.15, 0.2) is 5.17 Å². The van der Waals surface area contributed by atoms with E-state index in [4.69, 9.17) is 17.3 Å². The maximum absolute atomic E-state index is 12.6. The summed E-state index contributed by atoms with van der Waals surface area (Å²) in [5.41, 5.74) is 7.07. The highest BCUT2D eigenvalue weighted by molar-refractivity contribution is 8.14. The van der Waals surface area contributed by atoms with Crippen LogP contribution in [-0.4, -0.2) is 27.9 Å². The molecule has 9 heteroatoms. The van der Waals surface area contributed by atoms with Crippen molar-refractivity contribution in [3.8, 4) is 0 Å². The smallest absolute Gasteiger partial charge is 0.247 e. The van der Waals surface area contributed by atoms with Gasteiger partial charge in [-0.2, -0.15) is 5.10 Å². The number of imide groups is 1. The molecule has 1 fully saturated rings. The Morgan fingerprint density at radius 2 is 2.12 bits per heavy atom. The number of hydrogen-bond acceptors (Lipinski definition) is 6. The van der Waals surface area contributed by atoms with E-state index in [-0.39, 0.29) is 23.4 Å². The Labute approximate surface area is 163 Å². The number of thiophene rings is 1. The lowest BCUT2D eigenvalue weighted by molar-refractivity contribution is -0.121. The Kier molecular flexibility index (Phi) is 5.75. The standard InChI is InChI=1S/C17H15ClN4O2S2/c1-10(13-6-3-7-25-13)20-21-17(19)26-14-9-15(23)22(16(14)24)12-5-2-4-11(18)8-12/h2-8,14H,9H2,1H3,(H2,19,21)/b20-10-/t14-/m1/s1. The molecule has 26 heavy (non-hydrogen) atoms. The van der Waals surface area contributed by atoms with E-state index in [2.05, 4.69) is 10.2 Å². The number of thioether (sulfide) groups is 1. The zero-order valence-corrected chi connectivity index (χ0v) is 16.1. The third-order valence-electron chi connectivity index (χ3n) is 3.61. The van der Waals surface area contributed by atoms with E-state index in [0.29, 0.717) is 10.7 Å². The van der Waals surface area contributed by atoms with E-state index in [1.54, 1.807) is 35.6 Å². The summed E-state index contributed by atoms with van der Waals surface area (Å²) >= 11 is 8.54. The summed E-state index contributed by atoms with van der Waals surface area (Å²) < 4.78 is 0. The second kappa shape index (κ2) is 8.03. The van der Waals surface area contributed by atoms with Crippen molar-refractivity contribution in [3.05, 3.63) is 51.7 Å². The molecule has 1 aromatic carbocycles. The van der Waals surface area contributed by atoms with E-state index in [9.17, 15) is 9.59 Å². The highest BCUT2D eigenvalue weighted by Crippen LogP contribution is 2.30. The van der Waals surface area contributed by atoms with Gasteiger partial charge in [-0.15, -0.1) is 16.4 Å². The molecule has 3 rings (SSSR count). The number of rotatable bonds is 4. The second-order valence-corrected chi connectivity index (χ2v) is 8.07. The number of amides is 2. The van der Waals surface area contributed by atoms with Crippen LogP contribution in [0.5, 0.6) is 0 Å². The predicted molar refractivity (Wildman–Crippen MR) is 108 cm³/mol. The third-order valence-corrected chi connectivity index (χ3v) is 5.80. The van der Waals surface area contributed by atoms with Gasteiger partial charge in [-0.05, 0) is 36.6 Å².